The smallest absolute Gasteiger partial charge is 0.251 e. The summed E-state index contributed by atoms with van der Waals surface area (Å²) in [4.78, 5) is 15.3. The first-order valence-corrected chi connectivity index (χ1v) is 14.5. The molecule has 9 nitrogen and oxygen atoms in total. The molecule has 1 aliphatic rings. The average molecular weight is 526 g/mol. The van der Waals surface area contributed by atoms with Gasteiger partial charge in [-0.05, 0) is 67.7 Å². The maximum absolute atomic E-state index is 12.9. The first kappa shape index (κ1) is 26.7. The van der Waals surface area contributed by atoms with E-state index in [2.05, 4.69) is 51.4 Å². The summed E-state index contributed by atoms with van der Waals surface area (Å²) >= 11 is 0. The number of aromatic nitrogens is 2. The molecule has 10 heteroatoms. The molecular formula is C27H35N5O4S. The second-order valence-electron chi connectivity index (χ2n) is 9.54. The van der Waals surface area contributed by atoms with Crippen molar-refractivity contribution in [2.45, 2.75) is 38.8 Å². The van der Waals surface area contributed by atoms with Crippen molar-refractivity contribution in [3.8, 4) is 5.75 Å². The molecule has 0 radical (unpaired) electrons. The van der Waals surface area contributed by atoms with Gasteiger partial charge in [0, 0.05) is 31.1 Å². The Kier molecular flexibility index (Phi) is 8.83. The number of sulfonamides is 1. The summed E-state index contributed by atoms with van der Waals surface area (Å²) in [5, 5.41) is 7.03. The maximum atomic E-state index is 12.9. The van der Waals surface area contributed by atoms with Gasteiger partial charge in [-0.25, -0.2) is 13.1 Å². The molecule has 1 amide bonds. The molecular weight excluding hydrogens is 490 g/mol. The number of carbonyl (C=O) groups excluding carboxylic acids is 1. The van der Waals surface area contributed by atoms with E-state index in [9.17, 15) is 13.2 Å². The number of rotatable bonds is 6. The summed E-state index contributed by atoms with van der Waals surface area (Å²) in [5.74, 6) is 0.958. The molecule has 0 spiro atoms. The van der Waals surface area contributed by atoms with Crippen LogP contribution in [0.1, 0.15) is 46.3 Å². The van der Waals surface area contributed by atoms with Crippen molar-refractivity contribution in [1.82, 2.24) is 20.0 Å². The number of carbonyl (C=O) groups is 1. The van der Waals surface area contributed by atoms with Gasteiger partial charge in [-0.1, -0.05) is 24.3 Å². The first-order valence-electron chi connectivity index (χ1n) is 12.6. The van der Waals surface area contributed by atoms with Gasteiger partial charge in [-0.3, -0.25) is 9.52 Å². The Labute approximate surface area is 218 Å². The normalized spacial score (nSPS) is 15.2. The molecule has 0 saturated carbocycles. The number of fused-ring (bicyclic) bond motifs is 3. The maximum Gasteiger partial charge on any atom is 0.251 e. The van der Waals surface area contributed by atoms with Crippen molar-refractivity contribution in [3.63, 3.8) is 0 Å². The zero-order valence-corrected chi connectivity index (χ0v) is 22.3. The van der Waals surface area contributed by atoms with E-state index in [-0.39, 0.29) is 5.91 Å². The van der Waals surface area contributed by atoms with Crippen LogP contribution in [0.2, 0.25) is 0 Å². The summed E-state index contributed by atoms with van der Waals surface area (Å²) in [7, 11) is -1.26. The van der Waals surface area contributed by atoms with Gasteiger partial charge in [-0.15, -0.1) is 0 Å². The fraction of sp³-hybridized carbons (Fsp3) is 0.407. The van der Waals surface area contributed by atoms with Gasteiger partial charge in [0.1, 0.15) is 11.6 Å². The summed E-state index contributed by atoms with van der Waals surface area (Å²) in [6, 6.07) is 15.7. The monoisotopic (exact) mass is 525 g/mol. The standard InChI is InChI=1S/C27H35N5O4S/c1-31-14-4-3-5-16-36-25-10-9-23(19-24(25)18-21-7-6-8-22(17-21)20-31)27(33)28-13-15-32-26(11-12-29-32)30-37(2,34)35/h6-12,17,19,30H,3-5,13-16,18,20H2,1-2H3,(H,28,33). The van der Waals surface area contributed by atoms with Gasteiger partial charge in [0.15, 0.2) is 0 Å². The van der Waals surface area contributed by atoms with Crippen LogP contribution in [0.25, 0.3) is 0 Å². The molecule has 37 heavy (non-hydrogen) atoms. The van der Waals surface area contributed by atoms with E-state index in [1.807, 2.05) is 12.1 Å². The molecule has 2 aromatic carbocycles. The third-order valence-corrected chi connectivity index (χ3v) is 6.80. The van der Waals surface area contributed by atoms with Gasteiger partial charge in [-0.2, -0.15) is 5.10 Å². The number of amides is 1. The fourth-order valence-electron chi connectivity index (χ4n) is 4.46. The molecule has 4 rings (SSSR count). The van der Waals surface area contributed by atoms with E-state index in [1.54, 1.807) is 12.1 Å². The van der Waals surface area contributed by atoms with Crippen LogP contribution in [-0.4, -0.2) is 62.0 Å². The van der Waals surface area contributed by atoms with E-state index in [0.717, 1.165) is 49.9 Å². The highest BCUT2D eigenvalue weighted by molar-refractivity contribution is 7.92. The number of hydrogen-bond acceptors (Lipinski definition) is 6. The molecule has 2 N–H and O–H groups in total. The zero-order chi connectivity index (χ0) is 26.3. The van der Waals surface area contributed by atoms with Crippen molar-refractivity contribution < 1.29 is 17.9 Å². The van der Waals surface area contributed by atoms with Crippen LogP contribution in [0.5, 0.6) is 5.75 Å². The molecule has 0 saturated heterocycles. The molecule has 3 aromatic rings. The molecule has 0 fully saturated rings. The van der Waals surface area contributed by atoms with Crippen LogP contribution in [-0.2, 0) is 29.5 Å². The minimum atomic E-state index is -3.42. The Balaban J connectivity index is 1.46. The van der Waals surface area contributed by atoms with Crippen LogP contribution in [0.3, 0.4) is 0 Å². The number of nitrogens with zero attached hydrogens (tertiary/aromatic N) is 3. The van der Waals surface area contributed by atoms with Crippen LogP contribution < -0.4 is 14.8 Å². The predicted octanol–water partition coefficient (Wildman–Crippen LogP) is 3.27. The van der Waals surface area contributed by atoms with Gasteiger partial charge in [0.05, 0.1) is 25.6 Å². The lowest BCUT2D eigenvalue weighted by molar-refractivity contribution is 0.0952. The van der Waals surface area contributed by atoms with Crippen molar-refractivity contribution in [2.75, 3.05) is 37.7 Å². The SMILES string of the molecule is CN1CCCCCOc2ccc(C(=O)NCCn3nccc3NS(C)(=O)=O)cc2Cc2cccc(c2)C1. The molecule has 0 atom stereocenters. The van der Waals surface area contributed by atoms with Crippen molar-refractivity contribution >= 4 is 21.7 Å². The second-order valence-corrected chi connectivity index (χ2v) is 11.3. The molecule has 1 aliphatic heterocycles. The Hall–Kier alpha value is -3.37. The van der Waals surface area contributed by atoms with Crippen LogP contribution >= 0.6 is 0 Å². The molecule has 2 heterocycles. The number of ether oxygens (including phenoxy) is 1. The van der Waals surface area contributed by atoms with E-state index < -0.39 is 10.0 Å². The van der Waals surface area contributed by atoms with Crippen molar-refractivity contribution in [2.24, 2.45) is 0 Å². The van der Waals surface area contributed by atoms with E-state index >= 15 is 0 Å². The van der Waals surface area contributed by atoms with Gasteiger partial charge >= 0.3 is 0 Å². The molecule has 1 aromatic heterocycles. The highest BCUT2D eigenvalue weighted by Crippen LogP contribution is 2.25. The lowest BCUT2D eigenvalue weighted by Crippen LogP contribution is -2.28. The predicted molar refractivity (Wildman–Crippen MR) is 144 cm³/mol. The number of hydrogen-bond donors (Lipinski definition) is 2. The molecule has 2 bridgehead atoms. The largest absolute Gasteiger partial charge is 0.493 e. The Morgan fingerprint density at radius 1 is 1.08 bits per heavy atom. The van der Waals surface area contributed by atoms with E-state index in [1.165, 1.54) is 22.0 Å². The third-order valence-electron chi connectivity index (χ3n) is 6.22. The average Bonchev–Trinajstić information content (AvgIpc) is 3.26. The first-order chi connectivity index (χ1) is 17.8. The highest BCUT2D eigenvalue weighted by Gasteiger charge is 2.14. The zero-order valence-electron chi connectivity index (χ0n) is 21.4. The summed E-state index contributed by atoms with van der Waals surface area (Å²) < 4.78 is 33.1. The second kappa shape index (κ2) is 12.2. The molecule has 0 unspecified atom stereocenters. The van der Waals surface area contributed by atoms with Crippen LogP contribution in [0.4, 0.5) is 5.82 Å². The van der Waals surface area contributed by atoms with E-state index in [0.29, 0.717) is 37.5 Å². The molecule has 198 valence electrons. The van der Waals surface area contributed by atoms with Crippen LogP contribution in [0.15, 0.2) is 54.7 Å². The minimum Gasteiger partial charge on any atom is -0.493 e. The summed E-state index contributed by atoms with van der Waals surface area (Å²) in [5.41, 5.74) is 3.97. The van der Waals surface area contributed by atoms with Gasteiger partial charge < -0.3 is 15.0 Å². The fourth-order valence-corrected chi connectivity index (χ4v) is 5.01. The van der Waals surface area contributed by atoms with Gasteiger partial charge in [0.2, 0.25) is 10.0 Å². The number of benzene rings is 2. The van der Waals surface area contributed by atoms with Crippen molar-refractivity contribution in [3.05, 3.63) is 77.0 Å². The third kappa shape index (κ3) is 8.06. The van der Waals surface area contributed by atoms with Gasteiger partial charge in [0.25, 0.3) is 5.91 Å². The Morgan fingerprint density at radius 2 is 1.92 bits per heavy atom. The number of anilines is 1. The lowest BCUT2D eigenvalue weighted by atomic mass is 9.99. The quantitative estimate of drug-likeness (QED) is 0.512. The summed E-state index contributed by atoms with van der Waals surface area (Å²) in [6.07, 6.45) is 6.50. The molecule has 0 aliphatic carbocycles. The Bertz CT molecular complexity index is 1320. The Morgan fingerprint density at radius 3 is 2.76 bits per heavy atom. The summed E-state index contributed by atoms with van der Waals surface area (Å²) in [6.45, 7) is 3.25. The topological polar surface area (TPSA) is 106 Å². The number of nitrogens with one attached hydrogen (secondary N) is 2. The lowest BCUT2D eigenvalue weighted by Gasteiger charge is -2.19. The minimum absolute atomic E-state index is 0.206. The highest BCUT2D eigenvalue weighted by atomic mass is 32.2. The van der Waals surface area contributed by atoms with E-state index in [4.69, 9.17) is 4.74 Å². The van der Waals surface area contributed by atoms with Crippen molar-refractivity contribution in [1.29, 1.82) is 0 Å². The van der Waals surface area contributed by atoms with Crippen LogP contribution in [0, 0.1) is 0 Å².